The van der Waals surface area contributed by atoms with E-state index in [1.165, 1.54) is 5.52 Å². The zero-order chi connectivity index (χ0) is 11.1. The van der Waals surface area contributed by atoms with Crippen LogP contribution in [-0.4, -0.2) is 9.72 Å². The van der Waals surface area contributed by atoms with E-state index >= 15 is 0 Å². The highest BCUT2D eigenvalue weighted by Crippen LogP contribution is 2.28. The van der Waals surface area contributed by atoms with E-state index in [1.807, 2.05) is 25.4 Å². The van der Waals surface area contributed by atoms with Crippen LogP contribution < -0.4 is 5.73 Å². The second-order valence-corrected chi connectivity index (χ2v) is 3.78. The predicted molar refractivity (Wildman–Crippen MR) is 62.8 cm³/mol. The average molecular weight is 213 g/mol. The molecule has 0 amide bonds. The van der Waals surface area contributed by atoms with Crippen molar-refractivity contribution >= 4 is 16.8 Å². The van der Waals surface area contributed by atoms with Crippen LogP contribution >= 0.6 is 0 Å². The van der Waals surface area contributed by atoms with Crippen molar-refractivity contribution in [1.29, 1.82) is 0 Å². The van der Waals surface area contributed by atoms with Crippen molar-refractivity contribution in [2.75, 3.05) is 5.73 Å². The summed E-state index contributed by atoms with van der Waals surface area (Å²) in [5.41, 5.74) is 8.51. The van der Waals surface area contributed by atoms with Crippen LogP contribution in [0.1, 0.15) is 0 Å². The molecular weight excluding hydrogens is 202 g/mol. The molecule has 0 bridgehead atoms. The lowest BCUT2D eigenvalue weighted by molar-refractivity contribution is 0.439. The Morgan fingerprint density at radius 1 is 1.31 bits per heavy atom. The minimum atomic E-state index is 0.336. The zero-order valence-corrected chi connectivity index (χ0v) is 8.84. The largest absolute Gasteiger partial charge is 0.368 e. The maximum atomic E-state index is 5.53. The summed E-state index contributed by atoms with van der Waals surface area (Å²) < 4.78 is 6.97. The van der Waals surface area contributed by atoms with Gasteiger partial charge in [0.05, 0.1) is 0 Å². The maximum Gasteiger partial charge on any atom is 0.222 e. The molecule has 80 valence electrons. The summed E-state index contributed by atoms with van der Waals surface area (Å²) >= 11 is 0. The minimum Gasteiger partial charge on any atom is -0.368 e. The van der Waals surface area contributed by atoms with Gasteiger partial charge in [0.1, 0.15) is 5.69 Å². The Labute approximate surface area is 92.3 Å². The van der Waals surface area contributed by atoms with Crippen molar-refractivity contribution in [3.05, 3.63) is 36.5 Å². The molecule has 0 radical (unpaired) electrons. The van der Waals surface area contributed by atoms with E-state index in [0.717, 1.165) is 16.6 Å². The van der Waals surface area contributed by atoms with Crippen molar-refractivity contribution in [3.63, 3.8) is 0 Å². The highest BCUT2D eigenvalue weighted by Gasteiger charge is 2.09. The Bertz CT molecular complexity index is 651. The van der Waals surface area contributed by atoms with Gasteiger partial charge in [0.25, 0.3) is 0 Å². The van der Waals surface area contributed by atoms with Gasteiger partial charge in [-0.1, -0.05) is 17.3 Å². The fourth-order valence-electron chi connectivity index (χ4n) is 1.94. The first-order valence-corrected chi connectivity index (χ1v) is 5.02. The molecule has 0 aliphatic rings. The van der Waals surface area contributed by atoms with Gasteiger partial charge >= 0.3 is 0 Å². The molecule has 0 aliphatic carbocycles. The van der Waals surface area contributed by atoms with E-state index < -0.39 is 0 Å². The molecule has 0 fully saturated rings. The van der Waals surface area contributed by atoms with Gasteiger partial charge in [-0.3, -0.25) is 0 Å². The smallest absolute Gasteiger partial charge is 0.222 e. The van der Waals surface area contributed by atoms with Crippen LogP contribution in [-0.2, 0) is 7.05 Å². The van der Waals surface area contributed by atoms with Crippen molar-refractivity contribution in [2.24, 2.45) is 7.05 Å². The molecule has 0 saturated heterocycles. The predicted octanol–water partition coefficient (Wildman–Crippen LogP) is 2.42. The first kappa shape index (κ1) is 9.03. The lowest BCUT2D eigenvalue weighted by atomic mass is 10.1. The number of nitrogens with zero attached hydrogens (tertiary/aromatic N) is 2. The summed E-state index contributed by atoms with van der Waals surface area (Å²) in [5, 5.41) is 5.09. The van der Waals surface area contributed by atoms with Gasteiger partial charge in [0.15, 0.2) is 0 Å². The van der Waals surface area contributed by atoms with Gasteiger partial charge in [0, 0.05) is 35.8 Å². The maximum absolute atomic E-state index is 5.53. The fourth-order valence-corrected chi connectivity index (χ4v) is 1.94. The molecule has 2 N–H and O–H groups in total. The number of aryl methyl sites for hydroxylation is 1. The number of anilines is 1. The van der Waals surface area contributed by atoms with E-state index in [4.69, 9.17) is 10.3 Å². The summed E-state index contributed by atoms with van der Waals surface area (Å²) in [6.45, 7) is 0. The van der Waals surface area contributed by atoms with Crippen LogP contribution in [0, 0.1) is 0 Å². The molecule has 2 heterocycles. The van der Waals surface area contributed by atoms with Crippen molar-refractivity contribution < 1.29 is 4.52 Å². The van der Waals surface area contributed by atoms with E-state index in [1.54, 1.807) is 6.07 Å². The number of aromatic nitrogens is 2. The van der Waals surface area contributed by atoms with Crippen LogP contribution in [0.4, 0.5) is 5.88 Å². The zero-order valence-electron chi connectivity index (χ0n) is 8.84. The highest BCUT2D eigenvalue weighted by atomic mass is 16.5. The molecule has 0 spiro atoms. The number of nitrogens with two attached hydrogens (primary N) is 1. The van der Waals surface area contributed by atoms with Gasteiger partial charge in [-0.05, 0) is 12.1 Å². The third-order valence-electron chi connectivity index (χ3n) is 2.73. The lowest BCUT2D eigenvalue weighted by Gasteiger charge is -2.00. The molecule has 1 aromatic carbocycles. The van der Waals surface area contributed by atoms with Crippen molar-refractivity contribution in [1.82, 2.24) is 9.72 Å². The third kappa shape index (κ3) is 1.20. The molecule has 3 aromatic rings. The topological polar surface area (TPSA) is 57.0 Å². The molecule has 0 saturated carbocycles. The van der Waals surface area contributed by atoms with E-state index in [-0.39, 0.29) is 0 Å². The summed E-state index contributed by atoms with van der Waals surface area (Å²) in [5.74, 6) is 0.336. The van der Waals surface area contributed by atoms with Gasteiger partial charge in [-0.15, -0.1) is 0 Å². The summed E-state index contributed by atoms with van der Waals surface area (Å²) in [6.07, 6.45) is 2.03. The average Bonchev–Trinajstić information content (AvgIpc) is 2.86. The molecule has 0 unspecified atom stereocenters. The SMILES string of the molecule is Cn1ccc2c(-c3cc(N)on3)cccc21. The summed E-state index contributed by atoms with van der Waals surface area (Å²) in [4.78, 5) is 0. The second-order valence-electron chi connectivity index (χ2n) is 3.78. The standard InChI is InChI=1S/C12H11N3O/c1-15-6-5-9-8(3-2-4-11(9)15)10-7-12(13)16-14-10/h2-7H,13H2,1H3. The molecular formula is C12H11N3O. The Hall–Kier alpha value is -2.23. The van der Waals surface area contributed by atoms with E-state index in [0.29, 0.717) is 5.88 Å². The molecule has 4 heteroatoms. The molecule has 16 heavy (non-hydrogen) atoms. The Morgan fingerprint density at radius 3 is 2.94 bits per heavy atom. The Balaban J connectivity index is 2.31. The molecule has 3 rings (SSSR count). The van der Waals surface area contributed by atoms with Crippen LogP contribution in [0.15, 0.2) is 41.1 Å². The van der Waals surface area contributed by atoms with E-state index in [9.17, 15) is 0 Å². The first-order chi connectivity index (χ1) is 7.75. The quantitative estimate of drug-likeness (QED) is 0.675. The third-order valence-corrected chi connectivity index (χ3v) is 2.73. The number of rotatable bonds is 1. The van der Waals surface area contributed by atoms with Crippen LogP contribution in [0.5, 0.6) is 0 Å². The van der Waals surface area contributed by atoms with Crippen molar-refractivity contribution in [3.8, 4) is 11.3 Å². The minimum absolute atomic E-state index is 0.336. The Kier molecular flexibility index (Phi) is 1.77. The Morgan fingerprint density at radius 2 is 2.19 bits per heavy atom. The molecule has 4 nitrogen and oxygen atoms in total. The summed E-state index contributed by atoms with van der Waals surface area (Å²) in [6, 6.07) is 9.89. The molecule has 0 aliphatic heterocycles. The number of hydrogen-bond acceptors (Lipinski definition) is 3. The summed E-state index contributed by atoms with van der Waals surface area (Å²) in [7, 11) is 2.02. The van der Waals surface area contributed by atoms with Gasteiger partial charge in [-0.2, -0.15) is 0 Å². The van der Waals surface area contributed by atoms with Crippen LogP contribution in [0.3, 0.4) is 0 Å². The number of nitrogen functional groups attached to an aromatic ring is 1. The van der Waals surface area contributed by atoms with Crippen molar-refractivity contribution in [2.45, 2.75) is 0 Å². The van der Waals surface area contributed by atoms with Gasteiger partial charge < -0.3 is 14.8 Å². The number of hydrogen-bond donors (Lipinski definition) is 1. The number of fused-ring (bicyclic) bond motifs is 1. The monoisotopic (exact) mass is 213 g/mol. The molecule has 0 atom stereocenters. The number of benzene rings is 1. The highest BCUT2D eigenvalue weighted by molar-refractivity contribution is 5.94. The van der Waals surface area contributed by atoms with Gasteiger partial charge in [0.2, 0.25) is 5.88 Å². The normalized spacial score (nSPS) is 11.1. The van der Waals surface area contributed by atoms with Crippen LogP contribution in [0.25, 0.3) is 22.2 Å². The van der Waals surface area contributed by atoms with E-state index in [2.05, 4.69) is 21.9 Å². The second kappa shape index (κ2) is 3.13. The van der Waals surface area contributed by atoms with Crippen LogP contribution in [0.2, 0.25) is 0 Å². The first-order valence-electron chi connectivity index (χ1n) is 5.02. The lowest BCUT2D eigenvalue weighted by Crippen LogP contribution is -1.84. The molecule has 2 aromatic heterocycles. The van der Waals surface area contributed by atoms with Gasteiger partial charge in [-0.25, -0.2) is 0 Å². The fraction of sp³-hybridized carbons (Fsp3) is 0.0833.